The number of benzene rings is 1. The van der Waals surface area contributed by atoms with Gasteiger partial charge >= 0.3 is 0 Å². The molecule has 2 aromatic rings. The highest BCUT2D eigenvalue weighted by Crippen LogP contribution is 2.08. The topological polar surface area (TPSA) is 73.2 Å². The molecule has 112 valence electrons. The van der Waals surface area contributed by atoms with Gasteiger partial charge in [-0.1, -0.05) is 0 Å². The molecule has 21 heavy (non-hydrogen) atoms. The minimum absolute atomic E-state index is 0.146. The van der Waals surface area contributed by atoms with Crippen molar-refractivity contribution in [2.45, 2.75) is 19.5 Å². The molecule has 0 saturated heterocycles. The second-order valence-electron chi connectivity index (χ2n) is 4.76. The third-order valence-corrected chi connectivity index (χ3v) is 2.93. The Balaban J connectivity index is 2.19. The summed E-state index contributed by atoms with van der Waals surface area (Å²) < 4.78 is 19.2. The lowest BCUT2D eigenvalue weighted by molar-refractivity contribution is -0.122. The number of carbonyl (C=O) groups excluding carboxylic acids is 1. The summed E-state index contributed by atoms with van der Waals surface area (Å²) in [4.78, 5) is 28.0. The number of nitrogens with zero attached hydrogens (tertiary/aromatic N) is 2. The first kappa shape index (κ1) is 15.1. The second-order valence-corrected chi connectivity index (χ2v) is 4.76. The molecule has 1 amide bonds. The van der Waals surface area contributed by atoms with Crippen molar-refractivity contribution < 1.29 is 13.9 Å². The lowest BCUT2D eigenvalue weighted by Crippen LogP contribution is -2.39. The van der Waals surface area contributed by atoms with Crippen LogP contribution in [0.2, 0.25) is 0 Å². The average Bonchev–Trinajstić information content (AvgIpc) is 2.42. The predicted octanol–water partition coefficient (Wildman–Crippen LogP) is 0.687. The molecule has 0 saturated carbocycles. The lowest BCUT2D eigenvalue weighted by atomic mass is 10.2. The highest BCUT2D eigenvalue weighted by Gasteiger charge is 2.11. The minimum atomic E-state index is -0.460. The molecule has 0 aliphatic heterocycles. The van der Waals surface area contributed by atoms with Gasteiger partial charge in [0.15, 0.2) is 0 Å². The van der Waals surface area contributed by atoms with Gasteiger partial charge in [-0.3, -0.25) is 14.2 Å². The number of halogens is 1. The molecule has 1 atom stereocenters. The molecule has 1 aromatic carbocycles. The number of hydrogen-bond acceptors (Lipinski definition) is 4. The van der Waals surface area contributed by atoms with Crippen molar-refractivity contribution in [2.24, 2.45) is 0 Å². The van der Waals surface area contributed by atoms with Crippen molar-refractivity contribution in [2.75, 3.05) is 13.7 Å². The van der Waals surface area contributed by atoms with Gasteiger partial charge in [-0.25, -0.2) is 9.37 Å². The van der Waals surface area contributed by atoms with E-state index in [0.29, 0.717) is 6.61 Å². The van der Waals surface area contributed by atoms with E-state index >= 15 is 0 Å². The Kier molecular flexibility index (Phi) is 4.64. The molecule has 0 unspecified atom stereocenters. The molecule has 0 spiro atoms. The second kappa shape index (κ2) is 6.45. The number of aromatic nitrogens is 2. The van der Waals surface area contributed by atoms with E-state index in [4.69, 9.17) is 4.74 Å². The van der Waals surface area contributed by atoms with Crippen LogP contribution in [0.4, 0.5) is 4.39 Å². The van der Waals surface area contributed by atoms with Crippen molar-refractivity contribution in [1.82, 2.24) is 14.9 Å². The van der Waals surface area contributed by atoms with Crippen LogP contribution in [0.15, 0.2) is 29.3 Å². The third-order valence-electron chi connectivity index (χ3n) is 2.93. The van der Waals surface area contributed by atoms with E-state index in [0.717, 1.165) is 0 Å². The Bertz CT molecular complexity index is 714. The first-order valence-corrected chi connectivity index (χ1v) is 6.44. The summed E-state index contributed by atoms with van der Waals surface area (Å²) in [6.45, 7) is 2.04. The molecule has 0 bridgehead atoms. The van der Waals surface area contributed by atoms with E-state index in [9.17, 15) is 14.0 Å². The van der Waals surface area contributed by atoms with Gasteiger partial charge in [-0.05, 0) is 19.1 Å². The standard InChI is InChI=1S/C14H16FN3O3/c1-9(7-21-2)17-13(19)6-18-8-16-12-5-10(15)3-4-11(12)14(18)20/h3-5,8-9H,6-7H2,1-2H3,(H,17,19)/t9-/m1/s1. The van der Waals surface area contributed by atoms with Gasteiger partial charge in [-0.2, -0.15) is 0 Å². The van der Waals surface area contributed by atoms with Crippen LogP contribution in [-0.2, 0) is 16.1 Å². The molecule has 1 heterocycles. The Hall–Kier alpha value is -2.28. The molecular weight excluding hydrogens is 277 g/mol. The predicted molar refractivity (Wildman–Crippen MR) is 75.4 cm³/mol. The summed E-state index contributed by atoms with van der Waals surface area (Å²) >= 11 is 0. The van der Waals surface area contributed by atoms with Gasteiger partial charge in [0.25, 0.3) is 5.56 Å². The van der Waals surface area contributed by atoms with Crippen LogP contribution in [0.3, 0.4) is 0 Å². The number of amides is 1. The average molecular weight is 293 g/mol. The third kappa shape index (κ3) is 3.63. The fourth-order valence-electron chi connectivity index (χ4n) is 2.01. The van der Waals surface area contributed by atoms with Crippen molar-refractivity contribution >= 4 is 16.8 Å². The summed E-state index contributed by atoms with van der Waals surface area (Å²) in [5, 5.41) is 2.98. The number of rotatable bonds is 5. The molecule has 6 nitrogen and oxygen atoms in total. The molecule has 0 aliphatic carbocycles. The zero-order valence-corrected chi connectivity index (χ0v) is 11.8. The number of methoxy groups -OCH3 is 1. The maximum atomic E-state index is 13.1. The summed E-state index contributed by atoms with van der Waals surface area (Å²) in [6, 6.07) is 3.58. The van der Waals surface area contributed by atoms with Crippen LogP contribution in [0.25, 0.3) is 10.9 Å². The van der Waals surface area contributed by atoms with Gasteiger partial charge in [0, 0.05) is 19.2 Å². The Morgan fingerprint density at radius 3 is 3.00 bits per heavy atom. The largest absolute Gasteiger partial charge is 0.383 e. The first-order valence-electron chi connectivity index (χ1n) is 6.44. The smallest absolute Gasteiger partial charge is 0.261 e. The normalized spacial score (nSPS) is 12.3. The van der Waals surface area contributed by atoms with Crippen LogP contribution in [0.5, 0.6) is 0 Å². The van der Waals surface area contributed by atoms with Crippen molar-refractivity contribution in [3.63, 3.8) is 0 Å². The maximum absolute atomic E-state index is 13.1. The molecule has 1 N–H and O–H groups in total. The van der Waals surface area contributed by atoms with Crippen LogP contribution >= 0.6 is 0 Å². The summed E-state index contributed by atoms with van der Waals surface area (Å²) in [5.74, 6) is -0.775. The van der Waals surface area contributed by atoms with Gasteiger partial charge in [0.1, 0.15) is 12.4 Å². The van der Waals surface area contributed by atoms with Gasteiger partial charge < -0.3 is 10.1 Å². The van der Waals surface area contributed by atoms with Crippen molar-refractivity contribution in [1.29, 1.82) is 0 Å². The van der Waals surface area contributed by atoms with Crippen LogP contribution in [-0.4, -0.2) is 35.2 Å². The highest BCUT2D eigenvalue weighted by atomic mass is 19.1. The number of ether oxygens (including phenoxy) is 1. The van der Waals surface area contributed by atoms with E-state index < -0.39 is 5.82 Å². The fourth-order valence-corrected chi connectivity index (χ4v) is 2.01. The van der Waals surface area contributed by atoms with E-state index in [1.165, 1.54) is 29.1 Å². The van der Waals surface area contributed by atoms with Crippen LogP contribution in [0, 0.1) is 5.82 Å². The van der Waals surface area contributed by atoms with Crippen molar-refractivity contribution in [3.05, 3.63) is 40.7 Å². The summed E-state index contributed by atoms with van der Waals surface area (Å²) in [6.07, 6.45) is 1.24. The van der Waals surface area contributed by atoms with Crippen LogP contribution in [0.1, 0.15) is 6.92 Å². The Morgan fingerprint density at radius 2 is 2.29 bits per heavy atom. The van der Waals surface area contributed by atoms with E-state index in [-0.39, 0.29) is 35.0 Å². The van der Waals surface area contributed by atoms with Crippen molar-refractivity contribution in [3.8, 4) is 0 Å². The first-order chi connectivity index (χ1) is 10.0. The van der Waals surface area contributed by atoms with Gasteiger partial charge in [-0.15, -0.1) is 0 Å². The SMILES string of the molecule is COC[C@@H](C)NC(=O)Cn1cnc2cc(F)ccc2c1=O. The quantitative estimate of drug-likeness (QED) is 0.880. The molecule has 7 heteroatoms. The Labute approximate surface area is 120 Å². The minimum Gasteiger partial charge on any atom is -0.383 e. The number of nitrogens with one attached hydrogen (secondary N) is 1. The highest BCUT2D eigenvalue weighted by molar-refractivity contribution is 5.79. The fraction of sp³-hybridized carbons (Fsp3) is 0.357. The van der Waals surface area contributed by atoms with Gasteiger partial charge in [0.2, 0.25) is 5.91 Å². The maximum Gasteiger partial charge on any atom is 0.261 e. The molecule has 1 aromatic heterocycles. The zero-order chi connectivity index (χ0) is 15.4. The monoisotopic (exact) mass is 293 g/mol. The number of fused-ring (bicyclic) bond motifs is 1. The summed E-state index contributed by atoms with van der Waals surface area (Å²) in [7, 11) is 1.54. The summed E-state index contributed by atoms with van der Waals surface area (Å²) in [5.41, 5.74) is -0.112. The molecule has 0 aliphatic rings. The number of carbonyl (C=O) groups is 1. The van der Waals surface area contributed by atoms with E-state index in [2.05, 4.69) is 10.3 Å². The lowest BCUT2D eigenvalue weighted by Gasteiger charge is -2.13. The zero-order valence-electron chi connectivity index (χ0n) is 11.8. The van der Waals surface area contributed by atoms with Crippen LogP contribution < -0.4 is 10.9 Å². The molecule has 0 fully saturated rings. The molecule has 2 rings (SSSR count). The van der Waals surface area contributed by atoms with E-state index in [1.807, 2.05) is 0 Å². The van der Waals surface area contributed by atoms with E-state index in [1.54, 1.807) is 14.0 Å². The molecule has 0 radical (unpaired) electrons. The van der Waals surface area contributed by atoms with Gasteiger partial charge in [0.05, 0.1) is 23.8 Å². The number of hydrogen-bond donors (Lipinski definition) is 1. The Morgan fingerprint density at radius 1 is 1.52 bits per heavy atom. The molecular formula is C14H16FN3O3.